The van der Waals surface area contributed by atoms with Crippen LogP contribution in [0, 0.1) is 11.3 Å². The summed E-state index contributed by atoms with van der Waals surface area (Å²) < 4.78 is 0. The first kappa shape index (κ1) is 12.9. The van der Waals surface area contributed by atoms with E-state index in [4.69, 9.17) is 16.7 Å². The maximum Gasteiger partial charge on any atom is 0.253 e. The minimum absolute atomic E-state index is 0.133. The molecule has 0 bridgehead atoms. The highest BCUT2D eigenvalue weighted by Crippen LogP contribution is 2.35. The van der Waals surface area contributed by atoms with Gasteiger partial charge in [-0.05, 0) is 11.6 Å². The number of anilines is 2. The number of nitrogen functional groups attached to an aromatic ring is 1. The van der Waals surface area contributed by atoms with Crippen LogP contribution in [0.1, 0.15) is 20.8 Å². The summed E-state index contributed by atoms with van der Waals surface area (Å²) in [5.41, 5.74) is 12.3. The van der Waals surface area contributed by atoms with Crippen molar-refractivity contribution in [1.82, 2.24) is 4.98 Å². The molecule has 19 heavy (non-hydrogen) atoms. The quantitative estimate of drug-likeness (QED) is 0.776. The van der Waals surface area contributed by atoms with Crippen LogP contribution >= 0.6 is 11.3 Å². The number of nitrogens with two attached hydrogens (primary N) is 2. The van der Waals surface area contributed by atoms with Gasteiger partial charge >= 0.3 is 0 Å². The van der Waals surface area contributed by atoms with E-state index in [2.05, 4.69) is 10.3 Å². The van der Waals surface area contributed by atoms with E-state index in [0.717, 1.165) is 16.9 Å². The fraction of sp³-hybridized carbons (Fsp3) is 0.0833. The van der Waals surface area contributed by atoms with Crippen LogP contribution < -0.4 is 16.8 Å². The highest BCUT2D eigenvalue weighted by atomic mass is 32.1. The molecule has 0 spiro atoms. The first-order chi connectivity index (χ1) is 9.13. The Balaban J connectivity index is 2.26. The van der Waals surface area contributed by atoms with Gasteiger partial charge in [0, 0.05) is 18.9 Å². The van der Waals surface area contributed by atoms with Gasteiger partial charge in [-0.15, -0.1) is 11.3 Å². The van der Waals surface area contributed by atoms with Gasteiger partial charge in [-0.2, -0.15) is 5.26 Å². The number of rotatable bonds is 4. The summed E-state index contributed by atoms with van der Waals surface area (Å²) in [5.74, 6) is -0.649. The Morgan fingerprint density at radius 2 is 2.37 bits per heavy atom. The zero-order valence-corrected chi connectivity index (χ0v) is 10.7. The number of nitrogens with one attached hydrogen (secondary N) is 1. The van der Waals surface area contributed by atoms with Gasteiger partial charge in [0.15, 0.2) is 0 Å². The van der Waals surface area contributed by atoms with Gasteiger partial charge in [-0.1, -0.05) is 6.07 Å². The number of carbonyl (C=O) groups excluding carboxylic acids is 1. The molecule has 96 valence electrons. The molecule has 0 atom stereocenters. The molecule has 0 aromatic carbocycles. The molecule has 2 rings (SSSR count). The molecular formula is C12H11N5OS. The summed E-state index contributed by atoms with van der Waals surface area (Å²) in [6.07, 6.45) is 3.38. The second kappa shape index (κ2) is 5.37. The molecule has 0 unspecified atom stereocenters. The molecule has 0 saturated carbocycles. The maximum absolute atomic E-state index is 11.4. The van der Waals surface area contributed by atoms with Crippen molar-refractivity contribution in [2.45, 2.75) is 6.54 Å². The number of nitrogens with zero attached hydrogens (tertiary/aromatic N) is 2. The molecule has 2 aromatic rings. The van der Waals surface area contributed by atoms with Crippen molar-refractivity contribution < 1.29 is 4.79 Å². The summed E-state index contributed by atoms with van der Waals surface area (Å²) in [6, 6.07) is 5.65. The van der Waals surface area contributed by atoms with E-state index in [-0.39, 0.29) is 16.1 Å². The summed E-state index contributed by atoms with van der Waals surface area (Å²) in [5, 5.41) is 12.5. The Morgan fingerprint density at radius 1 is 1.58 bits per heavy atom. The topological polar surface area (TPSA) is 118 Å². The van der Waals surface area contributed by atoms with Crippen LogP contribution in [0.25, 0.3) is 0 Å². The number of hydrogen-bond acceptors (Lipinski definition) is 6. The second-order valence-corrected chi connectivity index (χ2v) is 4.76. The molecule has 0 saturated heterocycles. The normalized spacial score (nSPS) is 9.84. The third kappa shape index (κ3) is 2.64. The minimum Gasteiger partial charge on any atom is -0.396 e. The summed E-state index contributed by atoms with van der Waals surface area (Å²) in [6.45, 7) is 0.471. The molecule has 6 nitrogen and oxygen atoms in total. The molecule has 5 N–H and O–H groups in total. The average molecular weight is 273 g/mol. The molecule has 2 aromatic heterocycles. The van der Waals surface area contributed by atoms with Gasteiger partial charge in [0.1, 0.15) is 15.9 Å². The molecule has 0 fully saturated rings. The van der Waals surface area contributed by atoms with E-state index in [9.17, 15) is 4.79 Å². The Kier molecular flexibility index (Phi) is 3.63. The van der Waals surface area contributed by atoms with Crippen LogP contribution in [0.3, 0.4) is 0 Å². The van der Waals surface area contributed by atoms with Crippen LogP contribution in [0.2, 0.25) is 0 Å². The molecule has 0 aliphatic rings. The van der Waals surface area contributed by atoms with Crippen molar-refractivity contribution in [3.8, 4) is 6.07 Å². The third-order valence-electron chi connectivity index (χ3n) is 2.47. The molecule has 0 aliphatic carbocycles. The van der Waals surface area contributed by atoms with Crippen molar-refractivity contribution >= 4 is 27.9 Å². The molecule has 2 heterocycles. The lowest BCUT2D eigenvalue weighted by Crippen LogP contribution is -2.14. The van der Waals surface area contributed by atoms with Crippen LogP contribution in [-0.4, -0.2) is 10.9 Å². The van der Waals surface area contributed by atoms with Crippen molar-refractivity contribution in [1.29, 1.82) is 5.26 Å². The number of amides is 1. The Labute approximate surface area is 113 Å². The maximum atomic E-state index is 11.4. The van der Waals surface area contributed by atoms with E-state index in [0.29, 0.717) is 11.5 Å². The number of hydrogen-bond donors (Lipinski definition) is 3. The van der Waals surface area contributed by atoms with Crippen LogP contribution in [0.15, 0.2) is 24.5 Å². The van der Waals surface area contributed by atoms with E-state index in [1.54, 1.807) is 12.4 Å². The number of carbonyl (C=O) groups is 1. The standard InChI is InChI=1S/C12H11N5OS/c13-4-8-10(14)9(11(15)18)12(19-8)17-6-7-2-1-3-16-5-7/h1-3,5,17H,6,14H2,(H2,15,18). The lowest BCUT2D eigenvalue weighted by atomic mass is 10.2. The predicted octanol–water partition coefficient (Wildman–Crippen LogP) is 1.31. The Morgan fingerprint density at radius 3 is 2.95 bits per heavy atom. The molecule has 0 radical (unpaired) electrons. The van der Waals surface area contributed by atoms with E-state index >= 15 is 0 Å². The van der Waals surface area contributed by atoms with Crippen LogP contribution in [0.5, 0.6) is 0 Å². The van der Waals surface area contributed by atoms with Crippen molar-refractivity contribution in [3.05, 3.63) is 40.5 Å². The van der Waals surface area contributed by atoms with E-state index < -0.39 is 5.91 Å². The summed E-state index contributed by atoms with van der Waals surface area (Å²) in [7, 11) is 0. The Hall–Kier alpha value is -2.59. The fourth-order valence-corrected chi connectivity index (χ4v) is 2.50. The predicted molar refractivity (Wildman–Crippen MR) is 73.5 cm³/mol. The molecular weight excluding hydrogens is 262 g/mol. The fourth-order valence-electron chi connectivity index (χ4n) is 1.58. The smallest absolute Gasteiger partial charge is 0.253 e. The third-order valence-corrected chi connectivity index (χ3v) is 3.54. The van der Waals surface area contributed by atoms with Crippen LogP contribution in [-0.2, 0) is 6.54 Å². The molecule has 7 heteroatoms. The lowest BCUT2D eigenvalue weighted by Gasteiger charge is -2.05. The number of aromatic nitrogens is 1. The van der Waals surface area contributed by atoms with Crippen molar-refractivity contribution in [3.63, 3.8) is 0 Å². The van der Waals surface area contributed by atoms with E-state index in [1.807, 2.05) is 18.2 Å². The molecule has 0 aliphatic heterocycles. The summed E-state index contributed by atoms with van der Waals surface area (Å²) in [4.78, 5) is 15.6. The highest BCUT2D eigenvalue weighted by molar-refractivity contribution is 7.17. The summed E-state index contributed by atoms with van der Waals surface area (Å²) >= 11 is 1.12. The van der Waals surface area contributed by atoms with Gasteiger partial charge < -0.3 is 16.8 Å². The van der Waals surface area contributed by atoms with Crippen LogP contribution in [0.4, 0.5) is 10.7 Å². The lowest BCUT2D eigenvalue weighted by molar-refractivity contribution is 0.100. The van der Waals surface area contributed by atoms with E-state index in [1.165, 1.54) is 0 Å². The van der Waals surface area contributed by atoms with Gasteiger partial charge in [-0.3, -0.25) is 9.78 Å². The van der Waals surface area contributed by atoms with Crippen molar-refractivity contribution in [2.24, 2.45) is 5.73 Å². The van der Waals surface area contributed by atoms with Gasteiger partial charge in [0.2, 0.25) is 0 Å². The first-order valence-corrected chi connectivity index (χ1v) is 6.20. The minimum atomic E-state index is -0.649. The largest absolute Gasteiger partial charge is 0.396 e. The molecule has 1 amide bonds. The zero-order chi connectivity index (χ0) is 13.8. The zero-order valence-electron chi connectivity index (χ0n) is 9.88. The van der Waals surface area contributed by atoms with Gasteiger partial charge in [0.05, 0.1) is 11.3 Å². The first-order valence-electron chi connectivity index (χ1n) is 5.38. The average Bonchev–Trinajstić information content (AvgIpc) is 2.74. The van der Waals surface area contributed by atoms with Gasteiger partial charge in [0.25, 0.3) is 5.91 Å². The Bertz CT molecular complexity index is 644. The second-order valence-electron chi connectivity index (χ2n) is 3.74. The van der Waals surface area contributed by atoms with Gasteiger partial charge in [-0.25, -0.2) is 0 Å². The number of nitriles is 1. The monoisotopic (exact) mass is 273 g/mol. The number of primary amides is 1. The SMILES string of the molecule is N#Cc1sc(NCc2cccnc2)c(C(N)=O)c1N. The number of pyridine rings is 1. The highest BCUT2D eigenvalue weighted by Gasteiger charge is 2.19. The number of thiophene rings is 1. The van der Waals surface area contributed by atoms with Crippen molar-refractivity contribution in [2.75, 3.05) is 11.1 Å².